The molecule has 20 heavy (non-hydrogen) atoms. The van der Waals surface area contributed by atoms with Crippen molar-refractivity contribution in [2.24, 2.45) is 5.92 Å². The van der Waals surface area contributed by atoms with Gasteiger partial charge in [0.2, 0.25) is 0 Å². The number of nitrogens with zero attached hydrogens (tertiary/aromatic N) is 2. The van der Waals surface area contributed by atoms with Crippen LogP contribution in [0.4, 0.5) is 0 Å². The number of carbonyl (C=O) groups excluding carboxylic acids is 1. The highest BCUT2D eigenvalue weighted by Gasteiger charge is 2.21. The fourth-order valence-electron chi connectivity index (χ4n) is 2.84. The summed E-state index contributed by atoms with van der Waals surface area (Å²) in [5, 5.41) is 0. The van der Waals surface area contributed by atoms with Crippen LogP contribution in [0.15, 0.2) is 48.8 Å². The molecular weight excluding hydrogens is 248 g/mol. The summed E-state index contributed by atoms with van der Waals surface area (Å²) in [6.07, 6.45) is 6.36. The average Bonchev–Trinajstić information content (AvgIpc) is 3.01. The predicted octanol–water partition coefficient (Wildman–Crippen LogP) is 3.35. The lowest BCUT2D eigenvalue weighted by Crippen LogP contribution is -2.39. The maximum Gasteiger partial charge on any atom is 0.253 e. The van der Waals surface area contributed by atoms with Crippen LogP contribution in [-0.2, 0) is 0 Å². The van der Waals surface area contributed by atoms with Gasteiger partial charge in [-0.3, -0.25) is 4.79 Å². The van der Waals surface area contributed by atoms with E-state index in [9.17, 15) is 4.79 Å². The quantitative estimate of drug-likeness (QED) is 0.820. The lowest BCUT2D eigenvalue weighted by atomic mass is 9.99. The highest BCUT2D eigenvalue weighted by atomic mass is 16.2. The largest absolute Gasteiger partial charge is 0.338 e. The van der Waals surface area contributed by atoms with Gasteiger partial charge < -0.3 is 9.47 Å². The van der Waals surface area contributed by atoms with Crippen molar-refractivity contribution in [2.75, 3.05) is 13.1 Å². The highest BCUT2D eigenvalue weighted by molar-refractivity contribution is 5.94. The SMILES string of the molecule is CC1CCCN(C(=O)c2ccc(-n3cccc3)cc2)C1. The Morgan fingerprint density at radius 1 is 1.15 bits per heavy atom. The van der Waals surface area contributed by atoms with E-state index in [1.807, 2.05) is 58.3 Å². The third-order valence-corrected chi connectivity index (χ3v) is 3.96. The number of hydrogen-bond donors (Lipinski definition) is 0. The Morgan fingerprint density at radius 2 is 1.85 bits per heavy atom. The van der Waals surface area contributed by atoms with Gasteiger partial charge in [-0.25, -0.2) is 0 Å². The monoisotopic (exact) mass is 268 g/mol. The number of benzene rings is 1. The van der Waals surface area contributed by atoms with Crippen molar-refractivity contribution < 1.29 is 4.79 Å². The van der Waals surface area contributed by atoms with Crippen molar-refractivity contribution in [2.45, 2.75) is 19.8 Å². The van der Waals surface area contributed by atoms with E-state index in [1.165, 1.54) is 6.42 Å². The molecule has 3 rings (SSSR count). The van der Waals surface area contributed by atoms with Crippen LogP contribution in [0.2, 0.25) is 0 Å². The molecule has 0 aliphatic carbocycles. The summed E-state index contributed by atoms with van der Waals surface area (Å²) in [5.74, 6) is 0.780. The predicted molar refractivity (Wildman–Crippen MR) is 80.1 cm³/mol. The second-order valence-corrected chi connectivity index (χ2v) is 5.64. The average molecular weight is 268 g/mol. The van der Waals surface area contributed by atoms with Gasteiger partial charge in [-0.05, 0) is 55.2 Å². The van der Waals surface area contributed by atoms with Crippen LogP contribution >= 0.6 is 0 Å². The van der Waals surface area contributed by atoms with E-state index in [0.29, 0.717) is 5.92 Å². The summed E-state index contributed by atoms with van der Waals surface area (Å²) >= 11 is 0. The molecule has 1 amide bonds. The maximum atomic E-state index is 12.5. The zero-order chi connectivity index (χ0) is 13.9. The fourth-order valence-corrected chi connectivity index (χ4v) is 2.84. The molecule has 1 saturated heterocycles. The fraction of sp³-hybridized carbons (Fsp3) is 0.353. The van der Waals surface area contributed by atoms with Gasteiger partial charge in [0.1, 0.15) is 0 Å². The molecule has 1 unspecified atom stereocenters. The van der Waals surface area contributed by atoms with E-state index in [2.05, 4.69) is 6.92 Å². The number of piperidine rings is 1. The standard InChI is InChI=1S/C17H20N2O/c1-14-5-4-12-19(13-14)17(20)15-6-8-16(9-7-15)18-10-2-3-11-18/h2-3,6-11,14H,4-5,12-13H2,1H3. The first-order valence-corrected chi connectivity index (χ1v) is 7.27. The normalized spacial score (nSPS) is 19.1. The molecule has 1 atom stereocenters. The van der Waals surface area contributed by atoms with Crippen LogP contribution in [-0.4, -0.2) is 28.5 Å². The second kappa shape index (κ2) is 5.53. The smallest absolute Gasteiger partial charge is 0.253 e. The van der Waals surface area contributed by atoms with Crippen LogP contribution in [0.5, 0.6) is 0 Å². The number of aromatic nitrogens is 1. The second-order valence-electron chi connectivity index (χ2n) is 5.64. The topological polar surface area (TPSA) is 25.2 Å². The van der Waals surface area contributed by atoms with E-state index in [4.69, 9.17) is 0 Å². The minimum absolute atomic E-state index is 0.163. The summed E-state index contributed by atoms with van der Waals surface area (Å²) in [6, 6.07) is 11.8. The Labute approximate surface area is 119 Å². The number of likely N-dealkylation sites (tertiary alicyclic amines) is 1. The van der Waals surface area contributed by atoms with Crippen LogP contribution in [0.25, 0.3) is 5.69 Å². The van der Waals surface area contributed by atoms with Crippen LogP contribution in [0, 0.1) is 5.92 Å². The van der Waals surface area contributed by atoms with Crippen molar-refractivity contribution in [1.82, 2.24) is 9.47 Å². The lowest BCUT2D eigenvalue weighted by Gasteiger charge is -2.31. The lowest BCUT2D eigenvalue weighted by molar-refractivity contribution is 0.0683. The van der Waals surface area contributed by atoms with E-state index < -0.39 is 0 Å². The molecule has 0 spiro atoms. The summed E-state index contributed by atoms with van der Waals surface area (Å²) < 4.78 is 2.04. The van der Waals surface area contributed by atoms with Crippen molar-refractivity contribution in [3.05, 3.63) is 54.4 Å². The summed E-state index contributed by atoms with van der Waals surface area (Å²) in [5.41, 5.74) is 1.87. The molecular formula is C17H20N2O. The Kier molecular flexibility index (Phi) is 3.59. The Bertz CT molecular complexity index is 572. The molecule has 2 aromatic rings. The van der Waals surface area contributed by atoms with Crippen LogP contribution in [0.3, 0.4) is 0 Å². The minimum Gasteiger partial charge on any atom is -0.338 e. The van der Waals surface area contributed by atoms with Gasteiger partial charge >= 0.3 is 0 Å². The zero-order valence-electron chi connectivity index (χ0n) is 11.8. The zero-order valence-corrected chi connectivity index (χ0v) is 11.8. The first-order valence-electron chi connectivity index (χ1n) is 7.27. The molecule has 3 heteroatoms. The number of rotatable bonds is 2. The Morgan fingerprint density at radius 3 is 2.50 bits per heavy atom. The maximum absolute atomic E-state index is 12.5. The van der Waals surface area contributed by atoms with Gasteiger partial charge in [-0.1, -0.05) is 6.92 Å². The molecule has 1 aliphatic heterocycles. The molecule has 0 radical (unpaired) electrons. The Hall–Kier alpha value is -2.03. The molecule has 104 valence electrons. The van der Waals surface area contributed by atoms with Crippen molar-refractivity contribution in [3.63, 3.8) is 0 Å². The van der Waals surface area contributed by atoms with Crippen LogP contribution in [0.1, 0.15) is 30.1 Å². The van der Waals surface area contributed by atoms with Gasteiger partial charge in [-0.2, -0.15) is 0 Å². The third kappa shape index (κ3) is 2.62. The summed E-state index contributed by atoms with van der Waals surface area (Å²) in [6.45, 7) is 4.00. The van der Waals surface area contributed by atoms with Gasteiger partial charge in [0.05, 0.1) is 0 Å². The molecule has 2 heterocycles. The minimum atomic E-state index is 0.163. The van der Waals surface area contributed by atoms with Crippen LogP contribution < -0.4 is 0 Å². The molecule has 0 N–H and O–H groups in total. The van der Waals surface area contributed by atoms with E-state index >= 15 is 0 Å². The number of carbonyl (C=O) groups is 1. The molecule has 1 aliphatic rings. The van der Waals surface area contributed by atoms with Gasteiger partial charge in [-0.15, -0.1) is 0 Å². The first kappa shape index (κ1) is 13.0. The van der Waals surface area contributed by atoms with Crippen molar-refractivity contribution >= 4 is 5.91 Å². The van der Waals surface area contributed by atoms with Gasteiger partial charge in [0, 0.05) is 36.7 Å². The van der Waals surface area contributed by atoms with Crippen molar-refractivity contribution in [1.29, 1.82) is 0 Å². The number of hydrogen-bond acceptors (Lipinski definition) is 1. The van der Waals surface area contributed by atoms with Gasteiger partial charge in [0.25, 0.3) is 5.91 Å². The van der Waals surface area contributed by atoms with E-state index in [-0.39, 0.29) is 5.91 Å². The summed E-state index contributed by atoms with van der Waals surface area (Å²) in [4.78, 5) is 14.4. The van der Waals surface area contributed by atoms with Gasteiger partial charge in [0.15, 0.2) is 0 Å². The molecule has 1 fully saturated rings. The summed E-state index contributed by atoms with van der Waals surface area (Å²) in [7, 11) is 0. The van der Waals surface area contributed by atoms with E-state index in [1.54, 1.807) is 0 Å². The van der Waals surface area contributed by atoms with Crippen molar-refractivity contribution in [3.8, 4) is 5.69 Å². The first-order chi connectivity index (χ1) is 9.74. The molecule has 1 aromatic heterocycles. The third-order valence-electron chi connectivity index (χ3n) is 3.96. The molecule has 3 nitrogen and oxygen atoms in total. The molecule has 0 saturated carbocycles. The molecule has 1 aromatic carbocycles. The molecule has 0 bridgehead atoms. The number of amides is 1. The highest BCUT2D eigenvalue weighted by Crippen LogP contribution is 2.18. The van der Waals surface area contributed by atoms with E-state index in [0.717, 1.165) is 30.8 Å². The Balaban J connectivity index is 1.75.